The van der Waals surface area contributed by atoms with Crippen LogP contribution < -0.4 is 9.47 Å². The van der Waals surface area contributed by atoms with Crippen molar-refractivity contribution in [1.29, 1.82) is 0 Å². The lowest BCUT2D eigenvalue weighted by atomic mass is 10.1. The standard InChI is InChI=1S/C14H18N2O2/c1-10(16-9-8-15-11(16)2)14-12(17-3)6-5-7-13(14)18-4/h5-10H,1-4H3. The van der Waals surface area contributed by atoms with Gasteiger partial charge in [-0.15, -0.1) is 0 Å². The number of benzene rings is 1. The summed E-state index contributed by atoms with van der Waals surface area (Å²) in [4.78, 5) is 4.26. The molecule has 4 heteroatoms. The molecule has 0 aliphatic rings. The molecule has 0 aliphatic carbocycles. The number of aromatic nitrogens is 2. The molecule has 0 radical (unpaired) electrons. The van der Waals surface area contributed by atoms with E-state index in [0.29, 0.717) is 0 Å². The van der Waals surface area contributed by atoms with E-state index >= 15 is 0 Å². The third-order valence-electron chi connectivity index (χ3n) is 3.16. The Morgan fingerprint density at radius 1 is 1.17 bits per heavy atom. The lowest BCUT2D eigenvalue weighted by Gasteiger charge is -2.21. The predicted molar refractivity (Wildman–Crippen MR) is 70.3 cm³/mol. The van der Waals surface area contributed by atoms with Gasteiger partial charge in [0, 0.05) is 12.4 Å². The molecule has 18 heavy (non-hydrogen) atoms. The summed E-state index contributed by atoms with van der Waals surface area (Å²) in [6, 6.07) is 5.93. The van der Waals surface area contributed by atoms with Gasteiger partial charge in [0.15, 0.2) is 0 Å². The van der Waals surface area contributed by atoms with Crippen LogP contribution in [0, 0.1) is 6.92 Å². The topological polar surface area (TPSA) is 36.3 Å². The maximum Gasteiger partial charge on any atom is 0.127 e. The molecule has 0 bridgehead atoms. The number of ether oxygens (including phenoxy) is 2. The molecule has 0 saturated carbocycles. The van der Waals surface area contributed by atoms with Crippen LogP contribution in [0.15, 0.2) is 30.6 Å². The van der Waals surface area contributed by atoms with E-state index in [-0.39, 0.29) is 6.04 Å². The monoisotopic (exact) mass is 246 g/mol. The molecule has 4 nitrogen and oxygen atoms in total. The van der Waals surface area contributed by atoms with Crippen molar-refractivity contribution >= 4 is 0 Å². The summed E-state index contributed by atoms with van der Waals surface area (Å²) in [5.41, 5.74) is 1.03. The Morgan fingerprint density at radius 3 is 2.22 bits per heavy atom. The summed E-state index contributed by atoms with van der Waals surface area (Å²) in [5.74, 6) is 2.63. The highest BCUT2D eigenvalue weighted by Gasteiger charge is 2.19. The molecule has 1 unspecified atom stereocenters. The molecule has 0 N–H and O–H groups in total. The molecular weight excluding hydrogens is 228 g/mol. The highest BCUT2D eigenvalue weighted by atomic mass is 16.5. The Morgan fingerprint density at radius 2 is 1.78 bits per heavy atom. The number of nitrogens with zero attached hydrogens (tertiary/aromatic N) is 2. The summed E-state index contributed by atoms with van der Waals surface area (Å²) >= 11 is 0. The highest BCUT2D eigenvalue weighted by molar-refractivity contribution is 5.47. The summed E-state index contributed by atoms with van der Waals surface area (Å²) in [7, 11) is 3.34. The van der Waals surface area contributed by atoms with Crippen LogP contribution in [0.4, 0.5) is 0 Å². The first-order valence-electron chi connectivity index (χ1n) is 5.89. The SMILES string of the molecule is COc1cccc(OC)c1C(C)n1ccnc1C. The molecule has 1 aromatic heterocycles. The van der Waals surface area contributed by atoms with Crippen molar-refractivity contribution in [2.75, 3.05) is 14.2 Å². The van der Waals surface area contributed by atoms with Gasteiger partial charge < -0.3 is 14.0 Å². The second-order valence-corrected chi connectivity index (χ2v) is 4.13. The molecule has 1 atom stereocenters. The van der Waals surface area contributed by atoms with Gasteiger partial charge in [0.1, 0.15) is 17.3 Å². The van der Waals surface area contributed by atoms with Crippen molar-refractivity contribution < 1.29 is 9.47 Å². The fraction of sp³-hybridized carbons (Fsp3) is 0.357. The largest absolute Gasteiger partial charge is 0.496 e. The Bertz CT molecular complexity index is 512. The normalized spacial score (nSPS) is 12.2. The van der Waals surface area contributed by atoms with Gasteiger partial charge in [0.25, 0.3) is 0 Å². The van der Waals surface area contributed by atoms with Crippen LogP contribution >= 0.6 is 0 Å². The lowest BCUT2D eigenvalue weighted by molar-refractivity contribution is 0.375. The maximum absolute atomic E-state index is 5.43. The number of rotatable bonds is 4. The minimum absolute atomic E-state index is 0.110. The quantitative estimate of drug-likeness (QED) is 0.832. The van der Waals surface area contributed by atoms with Gasteiger partial charge in [-0.1, -0.05) is 6.07 Å². The third kappa shape index (κ3) is 2.06. The van der Waals surface area contributed by atoms with Crippen LogP contribution in [0.2, 0.25) is 0 Å². The number of aryl methyl sites for hydroxylation is 1. The zero-order chi connectivity index (χ0) is 13.1. The summed E-state index contributed by atoms with van der Waals surface area (Å²) in [6.07, 6.45) is 3.76. The van der Waals surface area contributed by atoms with Crippen LogP contribution in [0.5, 0.6) is 11.5 Å². The molecule has 0 fully saturated rings. The van der Waals surface area contributed by atoms with E-state index in [9.17, 15) is 0 Å². The van der Waals surface area contributed by atoms with Crippen LogP contribution in [-0.4, -0.2) is 23.8 Å². The van der Waals surface area contributed by atoms with Gasteiger partial charge in [-0.05, 0) is 26.0 Å². The molecule has 0 aliphatic heterocycles. The average molecular weight is 246 g/mol. The summed E-state index contributed by atoms with van der Waals surface area (Å²) in [6.45, 7) is 4.09. The van der Waals surface area contributed by atoms with Gasteiger partial charge in [-0.25, -0.2) is 4.98 Å². The molecular formula is C14H18N2O2. The summed E-state index contributed by atoms with van der Waals surface area (Å²) < 4.78 is 13.0. The van der Waals surface area contributed by atoms with Crippen molar-refractivity contribution in [3.8, 4) is 11.5 Å². The Balaban J connectivity index is 2.52. The molecule has 1 heterocycles. The van der Waals surface area contributed by atoms with E-state index in [1.165, 1.54) is 0 Å². The van der Waals surface area contributed by atoms with E-state index in [0.717, 1.165) is 22.9 Å². The van der Waals surface area contributed by atoms with Crippen molar-refractivity contribution in [3.05, 3.63) is 42.0 Å². The fourth-order valence-electron chi connectivity index (χ4n) is 2.23. The fourth-order valence-corrected chi connectivity index (χ4v) is 2.23. The van der Waals surface area contributed by atoms with Crippen molar-refractivity contribution in [2.45, 2.75) is 19.9 Å². The van der Waals surface area contributed by atoms with Gasteiger partial charge in [0.2, 0.25) is 0 Å². The van der Waals surface area contributed by atoms with Gasteiger partial charge in [-0.2, -0.15) is 0 Å². The molecule has 1 aromatic carbocycles. The van der Waals surface area contributed by atoms with E-state index in [2.05, 4.69) is 16.5 Å². The van der Waals surface area contributed by atoms with Gasteiger partial charge in [-0.3, -0.25) is 0 Å². The molecule has 0 amide bonds. The molecule has 0 saturated heterocycles. The maximum atomic E-state index is 5.43. The first-order valence-corrected chi connectivity index (χ1v) is 5.89. The van der Waals surface area contributed by atoms with Crippen LogP contribution in [0.25, 0.3) is 0 Å². The number of imidazole rings is 1. The van der Waals surface area contributed by atoms with Gasteiger partial charge >= 0.3 is 0 Å². The van der Waals surface area contributed by atoms with Crippen molar-refractivity contribution in [3.63, 3.8) is 0 Å². The average Bonchev–Trinajstić information content (AvgIpc) is 2.83. The minimum Gasteiger partial charge on any atom is -0.496 e. The minimum atomic E-state index is 0.110. The molecule has 96 valence electrons. The van der Waals surface area contributed by atoms with E-state index in [4.69, 9.17) is 9.47 Å². The Hall–Kier alpha value is -1.97. The Kier molecular flexibility index (Phi) is 3.55. The first kappa shape index (κ1) is 12.5. The van der Waals surface area contributed by atoms with Crippen molar-refractivity contribution in [2.24, 2.45) is 0 Å². The molecule has 2 aromatic rings. The zero-order valence-corrected chi connectivity index (χ0v) is 11.2. The zero-order valence-electron chi connectivity index (χ0n) is 11.2. The summed E-state index contributed by atoms with van der Waals surface area (Å²) in [5, 5.41) is 0. The highest BCUT2D eigenvalue weighted by Crippen LogP contribution is 2.36. The van der Waals surface area contributed by atoms with Crippen molar-refractivity contribution in [1.82, 2.24) is 9.55 Å². The smallest absolute Gasteiger partial charge is 0.127 e. The molecule has 2 rings (SSSR count). The lowest BCUT2D eigenvalue weighted by Crippen LogP contribution is -2.10. The number of hydrogen-bond donors (Lipinski definition) is 0. The van der Waals surface area contributed by atoms with Crippen LogP contribution in [0.3, 0.4) is 0 Å². The predicted octanol–water partition coefficient (Wildman–Crippen LogP) is 2.82. The van der Waals surface area contributed by atoms with E-state index in [1.54, 1.807) is 20.4 Å². The van der Waals surface area contributed by atoms with Crippen LogP contribution in [0.1, 0.15) is 24.4 Å². The number of methoxy groups -OCH3 is 2. The van der Waals surface area contributed by atoms with E-state index in [1.807, 2.05) is 31.3 Å². The second-order valence-electron chi connectivity index (χ2n) is 4.13. The first-order chi connectivity index (χ1) is 8.69. The number of hydrogen-bond acceptors (Lipinski definition) is 3. The Labute approximate surface area is 107 Å². The van der Waals surface area contributed by atoms with Crippen LogP contribution in [-0.2, 0) is 0 Å². The van der Waals surface area contributed by atoms with Gasteiger partial charge in [0.05, 0.1) is 25.8 Å². The second kappa shape index (κ2) is 5.12. The third-order valence-corrected chi connectivity index (χ3v) is 3.16. The van der Waals surface area contributed by atoms with E-state index < -0.39 is 0 Å². The molecule has 0 spiro atoms.